The fourth-order valence-corrected chi connectivity index (χ4v) is 2.50. The molecule has 19 heavy (non-hydrogen) atoms. The molecule has 1 fully saturated rings. The first-order chi connectivity index (χ1) is 9.24. The van der Waals surface area contributed by atoms with E-state index in [-0.39, 0.29) is 0 Å². The fourth-order valence-electron chi connectivity index (χ4n) is 2.50. The standard InChI is InChI=1S/C14H24N4O/c1-3-8-19-13-4-6-16-14(17-13)18-7-5-11(2)9-12(18)10-15/h4,6,11-12H,3,5,7-10,15H2,1-2H3. The molecule has 0 radical (unpaired) electrons. The molecule has 1 saturated heterocycles. The minimum atomic E-state index is 0.338. The van der Waals surface area contributed by atoms with Gasteiger partial charge >= 0.3 is 0 Å². The highest BCUT2D eigenvalue weighted by molar-refractivity contribution is 5.34. The van der Waals surface area contributed by atoms with Crippen LogP contribution in [0.4, 0.5) is 5.95 Å². The number of anilines is 1. The Kier molecular flexibility index (Phi) is 4.96. The molecule has 0 aromatic carbocycles. The lowest BCUT2D eigenvalue weighted by Crippen LogP contribution is -2.47. The van der Waals surface area contributed by atoms with Crippen LogP contribution in [0.2, 0.25) is 0 Å². The summed E-state index contributed by atoms with van der Waals surface area (Å²) in [5, 5.41) is 0. The highest BCUT2D eigenvalue weighted by Crippen LogP contribution is 2.25. The number of rotatable bonds is 5. The predicted molar refractivity (Wildman–Crippen MR) is 76.4 cm³/mol. The van der Waals surface area contributed by atoms with Gasteiger partial charge in [-0.15, -0.1) is 0 Å². The number of hydrogen-bond acceptors (Lipinski definition) is 5. The molecule has 1 aliphatic rings. The summed E-state index contributed by atoms with van der Waals surface area (Å²) in [6.07, 6.45) is 5.02. The second-order valence-corrected chi connectivity index (χ2v) is 5.26. The third kappa shape index (κ3) is 3.56. The predicted octanol–water partition coefficient (Wildman–Crippen LogP) is 1.83. The largest absolute Gasteiger partial charge is 0.478 e. The van der Waals surface area contributed by atoms with Crippen molar-refractivity contribution >= 4 is 5.95 Å². The number of aromatic nitrogens is 2. The summed E-state index contributed by atoms with van der Waals surface area (Å²) in [7, 11) is 0. The first kappa shape index (κ1) is 14.1. The van der Waals surface area contributed by atoms with Gasteiger partial charge in [0.1, 0.15) is 0 Å². The monoisotopic (exact) mass is 264 g/mol. The quantitative estimate of drug-likeness (QED) is 0.879. The van der Waals surface area contributed by atoms with Crippen LogP contribution in [-0.4, -0.2) is 35.7 Å². The third-order valence-corrected chi connectivity index (χ3v) is 3.58. The van der Waals surface area contributed by atoms with Crippen molar-refractivity contribution in [2.45, 2.75) is 39.2 Å². The zero-order chi connectivity index (χ0) is 13.7. The van der Waals surface area contributed by atoms with Crippen LogP contribution in [0, 0.1) is 5.92 Å². The maximum atomic E-state index is 5.88. The first-order valence-corrected chi connectivity index (χ1v) is 7.17. The van der Waals surface area contributed by atoms with Crippen LogP contribution in [-0.2, 0) is 0 Å². The highest BCUT2D eigenvalue weighted by Gasteiger charge is 2.27. The number of hydrogen-bond donors (Lipinski definition) is 1. The highest BCUT2D eigenvalue weighted by atomic mass is 16.5. The molecule has 106 valence electrons. The van der Waals surface area contributed by atoms with E-state index in [1.807, 2.05) is 6.07 Å². The van der Waals surface area contributed by atoms with Gasteiger partial charge in [0.25, 0.3) is 0 Å². The van der Waals surface area contributed by atoms with Crippen LogP contribution in [0.5, 0.6) is 5.88 Å². The molecule has 0 bridgehead atoms. The van der Waals surface area contributed by atoms with Crippen molar-refractivity contribution in [2.75, 3.05) is 24.6 Å². The van der Waals surface area contributed by atoms with Crippen molar-refractivity contribution in [1.82, 2.24) is 9.97 Å². The van der Waals surface area contributed by atoms with Crippen molar-refractivity contribution in [1.29, 1.82) is 0 Å². The van der Waals surface area contributed by atoms with E-state index >= 15 is 0 Å². The molecule has 5 heteroatoms. The van der Waals surface area contributed by atoms with Gasteiger partial charge in [-0.2, -0.15) is 4.98 Å². The summed E-state index contributed by atoms with van der Waals surface area (Å²) in [5.41, 5.74) is 5.88. The summed E-state index contributed by atoms with van der Waals surface area (Å²) in [6.45, 7) is 6.67. The van der Waals surface area contributed by atoms with Gasteiger partial charge in [0, 0.05) is 31.4 Å². The van der Waals surface area contributed by atoms with Crippen LogP contribution in [0.15, 0.2) is 12.3 Å². The normalized spacial score (nSPS) is 23.4. The summed E-state index contributed by atoms with van der Waals surface area (Å²) in [6, 6.07) is 2.15. The van der Waals surface area contributed by atoms with E-state index in [1.54, 1.807) is 6.20 Å². The summed E-state index contributed by atoms with van der Waals surface area (Å²) < 4.78 is 5.57. The molecule has 0 saturated carbocycles. The van der Waals surface area contributed by atoms with Gasteiger partial charge in [0.05, 0.1) is 6.61 Å². The Morgan fingerprint density at radius 1 is 1.53 bits per heavy atom. The Morgan fingerprint density at radius 3 is 3.11 bits per heavy atom. The number of nitrogens with zero attached hydrogens (tertiary/aromatic N) is 3. The maximum Gasteiger partial charge on any atom is 0.228 e. The van der Waals surface area contributed by atoms with Crippen molar-refractivity contribution in [3.05, 3.63) is 12.3 Å². The zero-order valence-electron chi connectivity index (χ0n) is 11.9. The van der Waals surface area contributed by atoms with E-state index in [1.165, 1.54) is 6.42 Å². The van der Waals surface area contributed by atoms with E-state index in [2.05, 4.69) is 28.7 Å². The number of piperidine rings is 1. The van der Waals surface area contributed by atoms with E-state index in [9.17, 15) is 0 Å². The lowest BCUT2D eigenvalue weighted by atomic mass is 9.93. The molecule has 2 atom stereocenters. The SMILES string of the molecule is CCCOc1ccnc(N2CCC(C)CC2CN)n1. The Bertz CT molecular complexity index is 399. The van der Waals surface area contributed by atoms with Gasteiger partial charge in [-0.1, -0.05) is 13.8 Å². The topological polar surface area (TPSA) is 64.3 Å². The van der Waals surface area contributed by atoms with Crippen molar-refractivity contribution in [3.8, 4) is 5.88 Å². The molecule has 5 nitrogen and oxygen atoms in total. The average Bonchev–Trinajstić information content (AvgIpc) is 2.45. The van der Waals surface area contributed by atoms with E-state index in [4.69, 9.17) is 10.5 Å². The lowest BCUT2D eigenvalue weighted by Gasteiger charge is -2.37. The average molecular weight is 264 g/mol. The van der Waals surface area contributed by atoms with Gasteiger partial charge in [0.15, 0.2) is 0 Å². The second kappa shape index (κ2) is 6.70. The number of nitrogens with two attached hydrogens (primary N) is 1. The molecule has 0 spiro atoms. The minimum absolute atomic E-state index is 0.338. The zero-order valence-corrected chi connectivity index (χ0v) is 11.9. The molecule has 0 amide bonds. The summed E-state index contributed by atoms with van der Waals surface area (Å²) >= 11 is 0. The molecule has 2 heterocycles. The Morgan fingerprint density at radius 2 is 2.37 bits per heavy atom. The van der Waals surface area contributed by atoms with Crippen molar-refractivity contribution in [2.24, 2.45) is 11.7 Å². The lowest BCUT2D eigenvalue weighted by molar-refractivity contribution is 0.303. The van der Waals surface area contributed by atoms with Gasteiger partial charge in [-0.05, 0) is 25.2 Å². The number of ether oxygens (including phenoxy) is 1. The molecule has 0 aliphatic carbocycles. The molecular weight excluding hydrogens is 240 g/mol. The van der Waals surface area contributed by atoms with Crippen LogP contribution < -0.4 is 15.4 Å². The maximum absolute atomic E-state index is 5.88. The van der Waals surface area contributed by atoms with Gasteiger partial charge < -0.3 is 15.4 Å². The first-order valence-electron chi connectivity index (χ1n) is 7.17. The van der Waals surface area contributed by atoms with E-state index in [0.717, 1.165) is 31.3 Å². The summed E-state index contributed by atoms with van der Waals surface area (Å²) in [4.78, 5) is 11.1. The molecule has 1 aromatic rings. The van der Waals surface area contributed by atoms with Crippen molar-refractivity contribution < 1.29 is 4.74 Å². The Balaban J connectivity index is 2.11. The summed E-state index contributed by atoms with van der Waals surface area (Å²) in [5.74, 6) is 2.13. The molecule has 1 aliphatic heterocycles. The molecule has 1 aromatic heterocycles. The van der Waals surface area contributed by atoms with Crippen LogP contribution in [0.25, 0.3) is 0 Å². The second-order valence-electron chi connectivity index (χ2n) is 5.26. The molecule has 2 N–H and O–H groups in total. The fraction of sp³-hybridized carbons (Fsp3) is 0.714. The third-order valence-electron chi connectivity index (χ3n) is 3.58. The van der Waals surface area contributed by atoms with E-state index < -0.39 is 0 Å². The molecule has 2 unspecified atom stereocenters. The van der Waals surface area contributed by atoms with Gasteiger partial charge in [-0.25, -0.2) is 4.98 Å². The van der Waals surface area contributed by atoms with Crippen LogP contribution in [0.1, 0.15) is 33.1 Å². The van der Waals surface area contributed by atoms with Gasteiger partial charge in [0.2, 0.25) is 11.8 Å². The van der Waals surface area contributed by atoms with Crippen LogP contribution in [0.3, 0.4) is 0 Å². The Labute approximate surface area is 115 Å². The van der Waals surface area contributed by atoms with Crippen LogP contribution >= 0.6 is 0 Å². The minimum Gasteiger partial charge on any atom is -0.478 e. The van der Waals surface area contributed by atoms with Gasteiger partial charge in [-0.3, -0.25) is 0 Å². The Hall–Kier alpha value is -1.36. The van der Waals surface area contributed by atoms with Crippen molar-refractivity contribution in [3.63, 3.8) is 0 Å². The molecule has 2 rings (SSSR count). The molecular formula is C14H24N4O. The smallest absolute Gasteiger partial charge is 0.228 e. The van der Waals surface area contributed by atoms with E-state index in [0.29, 0.717) is 25.1 Å².